The summed E-state index contributed by atoms with van der Waals surface area (Å²) in [6.07, 6.45) is 3.57. The molecule has 0 fully saturated rings. The number of nitro benzene ring substituents is 1. The standard InChI is InChI=1S/C33H20Cl2N2O4S/c34-23-6-16-30(35)29(20-23)32-17-11-26(41-32)18-22-19-31(21-4-2-1-3-5-21)36(33(22)38)24-7-12-27(13-8-24)42-28-14-9-25(10-15-28)37(39)40/h1-20H. The fourth-order valence-corrected chi connectivity index (χ4v) is 5.74. The van der Waals surface area contributed by atoms with Gasteiger partial charge >= 0.3 is 0 Å². The Balaban J connectivity index is 1.29. The molecule has 0 spiro atoms. The molecular formula is C33H20Cl2N2O4S. The van der Waals surface area contributed by atoms with E-state index in [2.05, 4.69) is 0 Å². The summed E-state index contributed by atoms with van der Waals surface area (Å²) in [5, 5.41) is 12.0. The van der Waals surface area contributed by atoms with Crippen LogP contribution in [0.25, 0.3) is 23.1 Å². The Labute approximate surface area is 255 Å². The normalized spacial score (nSPS) is 14.0. The molecule has 1 aliphatic heterocycles. The van der Waals surface area contributed by atoms with Crippen LogP contribution in [0.15, 0.2) is 135 Å². The molecule has 0 unspecified atom stereocenters. The number of carbonyl (C=O) groups is 1. The molecule has 2 heterocycles. The maximum absolute atomic E-state index is 13.8. The van der Waals surface area contributed by atoms with Crippen molar-refractivity contribution in [3.8, 4) is 11.3 Å². The van der Waals surface area contributed by atoms with E-state index in [4.69, 9.17) is 27.6 Å². The maximum Gasteiger partial charge on any atom is 0.269 e. The van der Waals surface area contributed by atoms with Crippen LogP contribution in [0.2, 0.25) is 10.0 Å². The largest absolute Gasteiger partial charge is 0.457 e. The minimum Gasteiger partial charge on any atom is -0.457 e. The summed E-state index contributed by atoms with van der Waals surface area (Å²) in [5.41, 5.74) is 3.52. The Morgan fingerprint density at radius 1 is 0.833 bits per heavy atom. The van der Waals surface area contributed by atoms with E-state index < -0.39 is 4.92 Å². The molecule has 1 aliphatic rings. The van der Waals surface area contributed by atoms with Gasteiger partial charge in [-0.1, -0.05) is 65.3 Å². The second-order valence-electron chi connectivity index (χ2n) is 9.31. The summed E-state index contributed by atoms with van der Waals surface area (Å²) in [5.74, 6) is 0.859. The van der Waals surface area contributed by atoms with Gasteiger partial charge in [-0.05, 0) is 84.4 Å². The number of amides is 1. The van der Waals surface area contributed by atoms with Gasteiger partial charge in [0.1, 0.15) is 11.5 Å². The first kappa shape index (κ1) is 27.6. The van der Waals surface area contributed by atoms with Crippen LogP contribution in [-0.4, -0.2) is 10.8 Å². The number of carbonyl (C=O) groups excluding carboxylic acids is 1. The van der Waals surface area contributed by atoms with Crippen molar-refractivity contribution >= 4 is 64.0 Å². The molecule has 0 saturated heterocycles. The van der Waals surface area contributed by atoms with Gasteiger partial charge in [-0.3, -0.25) is 19.8 Å². The van der Waals surface area contributed by atoms with Gasteiger partial charge in [0, 0.05) is 43.8 Å². The van der Waals surface area contributed by atoms with E-state index in [9.17, 15) is 14.9 Å². The molecule has 0 N–H and O–H groups in total. The summed E-state index contributed by atoms with van der Waals surface area (Å²) in [7, 11) is 0. The van der Waals surface area contributed by atoms with Crippen molar-refractivity contribution in [1.82, 2.24) is 0 Å². The van der Waals surface area contributed by atoms with E-state index in [0.717, 1.165) is 21.1 Å². The van der Waals surface area contributed by atoms with E-state index in [1.54, 1.807) is 53.4 Å². The van der Waals surface area contributed by atoms with Crippen molar-refractivity contribution in [2.24, 2.45) is 0 Å². The van der Waals surface area contributed by atoms with Crippen LogP contribution >= 0.6 is 35.0 Å². The van der Waals surface area contributed by atoms with Crippen LogP contribution in [0.3, 0.4) is 0 Å². The number of anilines is 1. The van der Waals surface area contributed by atoms with Crippen molar-refractivity contribution < 1.29 is 14.1 Å². The molecule has 4 aromatic carbocycles. The third kappa shape index (κ3) is 5.76. The van der Waals surface area contributed by atoms with E-state index in [-0.39, 0.29) is 11.6 Å². The molecule has 0 saturated carbocycles. The van der Waals surface area contributed by atoms with Gasteiger partial charge < -0.3 is 4.42 Å². The molecule has 1 aromatic heterocycles. The van der Waals surface area contributed by atoms with Gasteiger partial charge in [0.05, 0.1) is 15.6 Å². The summed E-state index contributed by atoms with van der Waals surface area (Å²) in [4.78, 5) is 27.8. The number of nitro groups is 1. The lowest BCUT2D eigenvalue weighted by molar-refractivity contribution is -0.384. The Kier molecular flexibility index (Phi) is 7.71. The topological polar surface area (TPSA) is 76.6 Å². The van der Waals surface area contributed by atoms with E-state index in [1.165, 1.54) is 23.9 Å². The second kappa shape index (κ2) is 11.7. The van der Waals surface area contributed by atoms with Crippen molar-refractivity contribution in [2.75, 3.05) is 4.90 Å². The van der Waals surface area contributed by atoms with Crippen LogP contribution in [-0.2, 0) is 4.79 Å². The molecular weight excluding hydrogens is 591 g/mol. The first-order valence-corrected chi connectivity index (χ1v) is 14.3. The van der Waals surface area contributed by atoms with Crippen LogP contribution in [0.4, 0.5) is 11.4 Å². The highest BCUT2D eigenvalue weighted by atomic mass is 35.5. The van der Waals surface area contributed by atoms with Gasteiger partial charge in [-0.2, -0.15) is 0 Å². The summed E-state index contributed by atoms with van der Waals surface area (Å²) in [6, 6.07) is 32.5. The predicted octanol–water partition coefficient (Wildman–Crippen LogP) is 9.78. The Bertz CT molecular complexity index is 1860. The van der Waals surface area contributed by atoms with Gasteiger partial charge in [-0.25, -0.2) is 0 Å². The zero-order valence-electron chi connectivity index (χ0n) is 21.7. The molecule has 42 heavy (non-hydrogen) atoms. The average molecular weight is 612 g/mol. The number of rotatable bonds is 7. The van der Waals surface area contributed by atoms with Gasteiger partial charge in [-0.15, -0.1) is 0 Å². The van der Waals surface area contributed by atoms with Gasteiger partial charge in [0.15, 0.2) is 0 Å². The van der Waals surface area contributed by atoms with Crippen molar-refractivity contribution in [3.05, 3.63) is 152 Å². The lowest BCUT2D eigenvalue weighted by Gasteiger charge is -2.21. The van der Waals surface area contributed by atoms with E-state index in [0.29, 0.717) is 38.4 Å². The highest BCUT2D eigenvalue weighted by Crippen LogP contribution is 2.38. The number of halogens is 2. The van der Waals surface area contributed by atoms with Gasteiger partial charge in [0.2, 0.25) is 0 Å². The second-order valence-corrected chi connectivity index (χ2v) is 11.3. The zero-order chi connectivity index (χ0) is 29.2. The molecule has 0 bridgehead atoms. The number of hydrogen-bond acceptors (Lipinski definition) is 5. The highest BCUT2D eigenvalue weighted by molar-refractivity contribution is 7.99. The summed E-state index contributed by atoms with van der Waals surface area (Å²) >= 11 is 14.0. The van der Waals surface area contributed by atoms with E-state index >= 15 is 0 Å². The average Bonchev–Trinajstić information content (AvgIpc) is 3.60. The highest BCUT2D eigenvalue weighted by Gasteiger charge is 2.30. The Hall–Kier alpha value is -4.56. The molecule has 0 atom stereocenters. The van der Waals surface area contributed by atoms with E-state index in [1.807, 2.05) is 60.7 Å². The van der Waals surface area contributed by atoms with Crippen molar-refractivity contribution in [3.63, 3.8) is 0 Å². The number of nitrogens with zero attached hydrogens (tertiary/aromatic N) is 2. The molecule has 0 radical (unpaired) electrons. The fraction of sp³-hybridized carbons (Fsp3) is 0. The summed E-state index contributed by atoms with van der Waals surface area (Å²) in [6.45, 7) is 0. The number of furan rings is 1. The first-order chi connectivity index (χ1) is 20.4. The van der Waals surface area contributed by atoms with Gasteiger partial charge in [0.25, 0.3) is 11.6 Å². The fourth-order valence-electron chi connectivity index (χ4n) is 4.54. The predicted molar refractivity (Wildman–Crippen MR) is 168 cm³/mol. The minimum atomic E-state index is -0.420. The number of hydrogen-bond donors (Lipinski definition) is 0. The number of benzene rings is 4. The molecule has 6 nitrogen and oxygen atoms in total. The molecule has 1 amide bonds. The first-order valence-electron chi connectivity index (χ1n) is 12.8. The van der Waals surface area contributed by atoms with Crippen LogP contribution < -0.4 is 4.90 Å². The smallest absolute Gasteiger partial charge is 0.269 e. The van der Waals surface area contributed by atoms with Crippen molar-refractivity contribution in [1.29, 1.82) is 0 Å². The third-order valence-corrected chi connectivity index (χ3v) is 8.13. The number of non-ortho nitro benzene ring substituents is 1. The van der Waals surface area contributed by atoms with Crippen LogP contribution in [0.1, 0.15) is 11.3 Å². The lowest BCUT2D eigenvalue weighted by Crippen LogP contribution is -2.24. The quantitative estimate of drug-likeness (QED) is 0.104. The molecule has 0 aliphatic carbocycles. The maximum atomic E-state index is 13.8. The zero-order valence-corrected chi connectivity index (χ0v) is 24.1. The molecule has 5 aromatic rings. The molecule has 9 heteroatoms. The lowest BCUT2D eigenvalue weighted by atomic mass is 10.1. The third-order valence-electron chi connectivity index (χ3n) is 6.55. The molecule has 206 valence electrons. The van der Waals surface area contributed by atoms with Crippen LogP contribution in [0, 0.1) is 10.1 Å². The SMILES string of the molecule is O=C1C(=Cc2ccc(-c3cc(Cl)ccc3Cl)o2)C=C(c2ccccc2)N1c1ccc(Sc2ccc([N+](=O)[O-])cc2)cc1. The summed E-state index contributed by atoms with van der Waals surface area (Å²) < 4.78 is 6.03. The van der Waals surface area contributed by atoms with Crippen molar-refractivity contribution in [2.45, 2.75) is 9.79 Å². The Morgan fingerprint density at radius 2 is 1.52 bits per heavy atom. The monoisotopic (exact) mass is 610 g/mol. The minimum absolute atomic E-state index is 0.0466. The van der Waals surface area contributed by atoms with Crippen LogP contribution in [0.5, 0.6) is 0 Å². The molecule has 6 rings (SSSR count). The Morgan fingerprint density at radius 3 is 2.21 bits per heavy atom.